The predicted molar refractivity (Wildman–Crippen MR) is 103 cm³/mol. The van der Waals surface area contributed by atoms with Gasteiger partial charge in [-0.05, 0) is 18.9 Å². The van der Waals surface area contributed by atoms with Crippen LogP contribution < -0.4 is 4.90 Å². The van der Waals surface area contributed by atoms with Crippen molar-refractivity contribution >= 4 is 23.0 Å². The summed E-state index contributed by atoms with van der Waals surface area (Å²) in [4.78, 5) is 37.9. The number of hydrogen-bond donors (Lipinski definition) is 1. The molecule has 1 aromatic rings. The molecule has 1 fully saturated rings. The van der Waals surface area contributed by atoms with Gasteiger partial charge < -0.3 is 14.9 Å². The van der Waals surface area contributed by atoms with Gasteiger partial charge in [-0.1, -0.05) is 20.8 Å². The van der Waals surface area contributed by atoms with Crippen LogP contribution in [0.4, 0.5) is 17.1 Å². The third kappa shape index (κ3) is 4.22. The lowest BCUT2D eigenvalue weighted by molar-refractivity contribution is -0.393. The Labute approximate surface area is 163 Å². The third-order valence-electron chi connectivity index (χ3n) is 4.91. The minimum atomic E-state index is -0.663. The van der Waals surface area contributed by atoms with Gasteiger partial charge in [0.25, 0.3) is 5.69 Å². The second-order valence-corrected chi connectivity index (χ2v) is 7.93. The fourth-order valence-corrected chi connectivity index (χ4v) is 3.45. The van der Waals surface area contributed by atoms with Crippen molar-refractivity contribution in [1.82, 2.24) is 4.90 Å². The molecule has 0 bridgehead atoms. The summed E-state index contributed by atoms with van der Waals surface area (Å²) >= 11 is 0. The predicted octanol–water partition coefficient (Wildman–Crippen LogP) is 2.39. The summed E-state index contributed by atoms with van der Waals surface area (Å²) in [5.74, 6) is -0.0230. The number of nitro groups is 2. The first kappa shape index (κ1) is 21.5. The summed E-state index contributed by atoms with van der Waals surface area (Å²) in [6, 6.07) is 1.20. The van der Waals surface area contributed by atoms with Crippen molar-refractivity contribution in [2.45, 2.75) is 40.7 Å². The maximum Gasteiger partial charge on any atom is 0.302 e. The van der Waals surface area contributed by atoms with Crippen LogP contribution in [0.1, 0.15) is 38.3 Å². The highest BCUT2D eigenvalue weighted by molar-refractivity contribution is 5.82. The van der Waals surface area contributed by atoms with Crippen molar-refractivity contribution in [2.24, 2.45) is 5.41 Å². The molecule has 1 heterocycles. The Bertz CT molecular complexity index is 802. The van der Waals surface area contributed by atoms with Crippen LogP contribution in [-0.2, 0) is 11.4 Å². The van der Waals surface area contributed by atoms with Gasteiger partial charge in [-0.3, -0.25) is 25.0 Å². The molecular weight excluding hydrogens is 368 g/mol. The third-order valence-corrected chi connectivity index (χ3v) is 4.91. The topological polar surface area (TPSA) is 130 Å². The molecule has 28 heavy (non-hydrogen) atoms. The Morgan fingerprint density at radius 1 is 1.14 bits per heavy atom. The lowest BCUT2D eigenvalue weighted by atomic mass is 9.94. The molecule has 10 heteroatoms. The monoisotopic (exact) mass is 394 g/mol. The van der Waals surface area contributed by atoms with E-state index in [9.17, 15) is 30.1 Å². The van der Waals surface area contributed by atoms with E-state index in [-0.39, 0.29) is 35.0 Å². The Kier molecular flexibility index (Phi) is 6.23. The van der Waals surface area contributed by atoms with Gasteiger partial charge in [0, 0.05) is 43.2 Å². The van der Waals surface area contributed by atoms with Crippen LogP contribution in [0, 0.1) is 32.6 Å². The van der Waals surface area contributed by atoms with E-state index in [1.54, 1.807) is 9.80 Å². The number of nitro benzene ring substituents is 2. The summed E-state index contributed by atoms with van der Waals surface area (Å²) < 4.78 is 0. The number of carbonyl (C=O) groups is 1. The number of benzene rings is 1. The lowest BCUT2D eigenvalue weighted by Gasteiger charge is -2.28. The number of hydrogen-bond acceptors (Lipinski definition) is 7. The summed E-state index contributed by atoms with van der Waals surface area (Å²) in [5, 5.41) is 32.8. The highest BCUT2D eigenvalue weighted by Gasteiger charge is 2.35. The van der Waals surface area contributed by atoms with Crippen molar-refractivity contribution < 1.29 is 19.7 Å². The quantitative estimate of drug-likeness (QED) is 0.613. The number of anilines is 1. The van der Waals surface area contributed by atoms with Crippen LogP contribution in [-0.4, -0.2) is 51.9 Å². The SMILES string of the molecule is Cc1c(CO)cc([N+](=O)[O-])c(N2CCCN(C(=O)C(C)(C)C)CC2)c1[N+](=O)[O-]. The molecule has 0 atom stereocenters. The molecule has 0 unspecified atom stereocenters. The summed E-state index contributed by atoms with van der Waals surface area (Å²) in [5.41, 5.74) is -1.02. The molecule has 2 rings (SSSR count). The molecule has 0 spiro atoms. The van der Waals surface area contributed by atoms with Gasteiger partial charge >= 0.3 is 5.69 Å². The molecule has 0 aliphatic carbocycles. The van der Waals surface area contributed by atoms with Gasteiger partial charge in [0.2, 0.25) is 5.91 Å². The maximum absolute atomic E-state index is 12.6. The summed E-state index contributed by atoms with van der Waals surface area (Å²) in [7, 11) is 0. The van der Waals surface area contributed by atoms with Gasteiger partial charge in [0.05, 0.1) is 16.5 Å². The summed E-state index contributed by atoms with van der Waals surface area (Å²) in [6.45, 7) is 7.84. The van der Waals surface area contributed by atoms with Crippen LogP contribution >= 0.6 is 0 Å². The van der Waals surface area contributed by atoms with Crippen LogP contribution in [0.5, 0.6) is 0 Å². The lowest BCUT2D eigenvalue weighted by Crippen LogP contribution is -2.41. The van der Waals surface area contributed by atoms with Crippen LogP contribution in [0.15, 0.2) is 6.07 Å². The number of carbonyl (C=O) groups excluding carboxylic acids is 1. The zero-order valence-corrected chi connectivity index (χ0v) is 16.6. The molecule has 1 N–H and O–H groups in total. The second-order valence-electron chi connectivity index (χ2n) is 7.93. The highest BCUT2D eigenvalue weighted by atomic mass is 16.6. The Morgan fingerprint density at radius 3 is 2.29 bits per heavy atom. The van der Waals surface area contributed by atoms with Crippen molar-refractivity contribution in [3.8, 4) is 0 Å². The van der Waals surface area contributed by atoms with Crippen molar-refractivity contribution in [1.29, 1.82) is 0 Å². The molecular formula is C18H26N4O6. The van der Waals surface area contributed by atoms with E-state index in [1.165, 1.54) is 13.0 Å². The molecule has 1 aliphatic rings. The van der Waals surface area contributed by atoms with E-state index >= 15 is 0 Å². The number of aliphatic hydroxyl groups is 1. The molecule has 1 amide bonds. The zero-order chi connectivity index (χ0) is 21.2. The average molecular weight is 394 g/mol. The first-order chi connectivity index (χ1) is 13.0. The minimum Gasteiger partial charge on any atom is -0.392 e. The number of rotatable bonds is 4. The summed E-state index contributed by atoms with van der Waals surface area (Å²) in [6.07, 6.45) is 0.539. The van der Waals surface area contributed by atoms with Gasteiger partial charge in [0.1, 0.15) is 0 Å². The van der Waals surface area contributed by atoms with E-state index in [0.717, 1.165) is 0 Å². The van der Waals surface area contributed by atoms with E-state index in [2.05, 4.69) is 0 Å². The average Bonchev–Trinajstić information content (AvgIpc) is 2.84. The highest BCUT2D eigenvalue weighted by Crippen LogP contribution is 2.42. The largest absolute Gasteiger partial charge is 0.392 e. The Balaban J connectivity index is 2.49. The smallest absolute Gasteiger partial charge is 0.302 e. The van der Waals surface area contributed by atoms with Crippen LogP contribution in [0.3, 0.4) is 0 Å². The molecule has 154 valence electrons. The van der Waals surface area contributed by atoms with E-state index in [0.29, 0.717) is 26.1 Å². The Morgan fingerprint density at radius 2 is 1.79 bits per heavy atom. The molecule has 0 radical (unpaired) electrons. The van der Waals surface area contributed by atoms with Crippen LogP contribution in [0.25, 0.3) is 0 Å². The van der Waals surface area contributed by atoms with Crippen LogP contribution in [0.2, 0.25) is 0 Å². The van der Waals surface area contributed by atoms with E-state index in [4.69, 9.17) is 0 Å². The number of aliphatic hydroxyl groups excluding tert-OH is 1. The fourth-order valence-electron chi connectivity index (χ4n) is 3.45. The fraction of sp³-hybridized carbons (Fsp3) is 0.611. The van der Waals surface area contributed by atoms with Gasteiger partial charge in [-0.2, -0.15) is 0 Å². The maximum atomic E-state index is 12.6. The molecule has 10 nitrogen and oxygen atoms in total. The van der Waals surface area contributed by atoms with Gasteiger partial charge in [0.15, 0.2) is 5.69 Å². The standard InChI is InChI=1S/C18H26N4O6/c1-12-13(11-23)10-14(21(25)26)16(15(12)22(27)28)19-6-5-7-20(9-8-19)17(24)18(2,3)4/h10,23H,5-9,11H2,1-4H3. The van der Waals surface area contributed by atoms with E-state index < -0.39 is 27.6 Å². The first-order valence-corrected chi connectivity index (χ1v) is 9.09. The molecule has 1 saturated heterocycles. The molecule has 1 aromatic carbocycles. The van der Waals surface area contributed by atoms with Crippen molar-refractivity contribution in [3.63, 3.8) is 0 Å². The first-order valence-electron chi connectivity index (χ1n) is 9.09. The van der Waals surface area contributed by atoms with Gasteiger partial charge in [-0.25, -0.2) is 0 Å². The molecule has 0 aromatic heterocycles. The zero-order valence-electron chi connectivity index (χ0n) is 16.6. The van der Waals surface area contributed by atoms with Crippen molar-refractivity contribution in [3.05, 3.63) is 37.4 Å². The normalized spacial score (nSPS) is 15.3. The van der Waals surface area contributed by atoms with Crippen molar-refractivity contribution in [2.75, 3.05) is 31.1 Å². The number of nitrogens with zero attached hydrogens (tertiary/aromatic N) is 4. The molecule has 0 saturated carbocycles. The Hall–Kier alpha value is -2.75. The van der Waals surface area contributed by atoms with E-state index in [1.807, 2.05) is 20.8 Å². The molecule has 1 aliphatic heterocycles. The second kappa shape index (κ2) is 8.09. The minimum absolute atomic E-state index is 0.0230. The number of amides is 1. The van der Waals surface area contributed by atoms with Gasteiger partial charge in [-0.15, -0.1) is 0 Å².